The molecular weight excluding hydrogens is 212 g/mol. The quantitative estimate of drug-likeness (QED) is 0.878. The Labute approximate surface area is 102 Å². The zero-order valence-corrected chi connectivity index (χ0v) is 10.8. The normalized spacial score (nSPS) is 11.0. The first-order valence-corrected chi connectivity index (χ1v) is 6.23. The van der Waals surface area contributed by atoms with Crippen molar-refractivity contribution in [3.63, 3.8) is 0 Å². The molecule has 1 aromatic carbocycles. The van der Waals surface area contributed by atoms with Crippen LogP contribution in [0.4, 0.5) is 5.95 Å². The number of benzene rings is 1. The van der Waals surface area contributed by atoms with Gasteiger partial charge in [-0.05, 0) is 31.9 Å². The van der Waals surface area contributed by atoms with Crippen LogP contribution in [-0.4, -0.2) is 22.7 Å². The number of hydrogen-bond acceptors (Lipinski definition) is 3. The largest absolute Gasteiger partial charge is 0.368 e. The molecule has 0 amide bonds. The molecule has 1 aromatic heterocycles. The first kappa shape index (κ1) is 11.8. The molecule has 17 heavy (non-hydrogen) atoms. The third kappa shape index (κ3) is 1.84. The molecule has 92 valence electrons. The van der Waals surface area contributed by atoms with Crippen molar-refractivity contribution < 1.29 is 0 Å². The van der Waals surface area contributed by atoms with Crippen molar-refractivity contribution in [1.29, 1.82) is 0 Å². The van der Waals surface area contributed by atoms with Crippen LogP contribution in [0.2, 0.25) is 0 Å². The van der Waals surface area contributed by atoms with Crippen molar-refractivity contribution in [2.75, 3.05) is 23.8 Å². The average molecular weight is 232 g/mol. The van der Waals surface area contributed by atoms with E-state index in [1.165, 1.54) is 5.56 Å². The van der Waals surface area contributed by atoms with Crippen LogP contribution in [0, 0.1) is 0 Å². The molecule has 0 saturated carbocycles. The van der Waals surface area contributed by atoms with Gasteiger partial charge >= 0.3 is 0 Å². The number of aromatic nitrogens is 2. The molecule has 4 nitrogen and oxygen atoms in total. The predicted octanol–water partition coefficient (Wildman–Crippen LogP) is 2.16. The van der Waals surface area contributed by atoms with Gasteiger partial charge in [0.25, 0.3) is 0 Å². The van der Waals surface area contributed by atoms with Crippen molar-refractivity contribution in [3.05, 3.63) is 23.8 Å². The van der Waals surface area contributed by atoms with Gasteiger partial charge in [0.05, 0.1) is 11.0 Å². The number of fused-ring (bicyclic) bond motifs is 1. The Kier molecular flexibility index (Phi) is 3.22. The second-order valence-electron chi connectivity index (χ2n) is 4.06. The molecule has 0 aliphatic heterocycles. The van der Waals surface area contributed by atoms with Crippen molar-refractivity contribution in [3.8, 4) is 0 Å². The summed E-state index contributed by atoms with van der Waals surface area (Å²) in [4.78, 5) is 4.50. The fourth-order valence-electron chi connectivity index (χ4n) is 2.25. The Hall–Kier alpha value is -1.71. The van der Waals surface area contributed by atoms with Gasteiger partial charge in [0.15, 0.2) is 0 Å². The first-order valence-electron chi connectivity index (χ1n) is 6.23. The summed E-state index contributed by atoms with van der Waals surface area (Å²) in [5.74, 6) is 0.574. The minimum absolute atomic E-state index is 0.574. The highest BCUT2D eigenvalue weighted by Gasteiger charge is 2.13. The lowest BCUT2D eigenvalue weighted by atomic mass is 10.1. The van der Waals surface area contributed by atoms with Gasteiger partial charge in [0.1, 0.15) is 0 Å². The smallest absolute Gasteiger partial charge is 0.220 e. The van der Waals surface area contributed by atoms with Crippen molar-refractivity contribution in [2.45, 2.75) is 27.2 Å². The van der Waals surface area contributed by atoms with E-state index in [-0.39, 0.29) is 0 Å². The molecule has 0 atom stereocenters. The van der Waals surface area contributed by atoms with Gasteiger partial charge in [-0.1, -0.05) is 19.1 Å². The van der Waals surface area contributed by atoms with E-state index in [4.69, 9.17) is 5.73 Å². The number of hydrogen-bond donors (Lipinski definition) is 1. The predicted molar refractivity (Wildman–Crippen MR) is 72.8 cm³/mol. The molecular formula is C13H20N4. The van der Waals surface area contributed by atoms with Crippen molar-refractivity contribution in [1.82, 2.24) is 9.66 Å². The van der Waals surface area contributed by atoms with Gasteiger partial charge in [-0.3, -0.25) is 0 Å². The van der Waals surface area contributed by atoms with Gasteiger partial charge in [-0.15, -0.1) is 0 Å². The maximum atomic E-state index is 6.04. The number of nitrogens with zero attached hydrogens (tertiary/aromatic N) is 3. The lowest BCUT2D eigenvalue weighted by molar-refractivity contribution is 0.643. The molecule has 0 radical (unpaired) electrons. The van der Waals surface area contributed by atoms with Crippen LogP contribution in [0.1, 0.15) is 26.3 Å². The third-order valence-electron chi connectivity index (χ3n) is 3.16. The van der Waals surface area contributed by atoms with E-state index < -0.39 is 0 Å². The molecule has 1 heterocycles. The molecule has 2 N–H and O–H groups in total. The van der Waals surface area contributed by atoms with Crippen LogP contribution in [0.5, 0.6) is 0 Å². The Morgan fingerprint density at radius 3 is 2.53 bits per heavy atom. The summed E-state index contributed by atoms with van der Waals surface area (Å²) >= 11 is 0. The molecule has 4 heteroatoms. The van der Waals surface area contributed by atoms with E-state index in [2.05, 4.69) is 49.0 Å². The third-order valence-corrected chi connectivity index (χ3v) is 3.16. The minimum atomic E-state index is 0.574. The maximum absolute atomic E-state index is 6.04. The summed E-state index contributed by atoms with van der Waals surface area (Å²) in [5, 5.41) is 2.18. The summed E-state index contributed by atoms with van der Waals surface area (Å²) in [6.07, 6.45) is 0.978. The van der Waals surface area contributed by atoms with Gasteiger partial charge in [-0.2, -0.15) is 0 Å². The topological polar surface area (TPSA) is 47.1 Å². The highest BCUT2D eigenvalue weighted by Crippen LogP contribution is 2.22. The number of rotatable bonds is 4. The summed E-state index contributed by atoms with van der Waals surface area (Å²) < 4.78 is 2.02. The van der Waals surface area contributed by atoms with Crippen LogP contribution in [0.25, 0.3) is 11.0 Å². The van der Waals surface area contributed by atoms with Crippen molar-refractivity contribution in [2.24, 2.45) is 0 Å². The second-order valence-corrected chi connectivity index (χ2v) is 4.06. The molecule has 0 fully saturated rings. The number of aryl methyl sites for hydroxylation is 1. The zero-order valence-electron chi connectivity index (χ0n) is 10.8. The van der Waals surface area contributed by atoms with E-state index in [0.717, 1.165) is 30.5 Å². The molecule has 0 aliphatic rings. The standard InChI is InChI=1S/C13H20N4/c1-4-10-8-7-9-11-12(10)15-13(14)17(11)16(5-2)6-3/h7-9H,4-6H2,1-3H3,(H2,14,15). The summed E-state index contributed by atoms with van der Waals surface area (Å²) in [5.41, 5.74) is 9.42. The summed E-state index contributed by atoms with van der Waals surface area (Å²) in [6.45, 7) is 8.23. The molecule has 0 bridgehead atoms. The fourth-order valence-corrected chi connectivity index (χ4v) is 2.25. The van der Waals surface area contributed by atoms with Crippen LogP contribution >= 0.6 is 0 Å². The summed E-state index contributed by atoms with van der Waals surface area (Å²) in [6, 6.07) is 6.26. The van der Waals surface area contributed by atoms with Crippen molar-refractivity contribution >= 4 is 17.0 Å². The number of imidazole rings is 1. The summed E-state index contributed by atoms with van der Waals surface area (Å²) in [7, 11) is 0. The Morgan fingerprint density at radius 2 is 1.94 bits per heavy atom. The lowest BCUT2D eigenvalue weighted by Crippen LogP contribution is -2.34. The molecule has 0 unspecified atom stereocenters. The van der Waals surface area contributed by atoms with Crippen LogP contribution in [-0.2, 0) is 6.42 Å². The minimum Gasteiger partial charge on any atom is -0.368 e. The van der Waals surface area contributed by atoms with Gasteiger partial charge in [-0.25, -0.2) is 9.66 Å². The van der Waals surface area contributed by atoms with Gasteiger partial charge < -0.3 is 10.7 Å². The zero-order chi connectivity index (χ0) is 12.4. The van der Waals surface area contributed by atoms with Gasteiger partial charge in [0, 0.05) is 13.1 Å². The van der Waals surface area contributed by atoms with Crippen LogP contribution < -0.4 is 10.7 Å². The highest BCUT2D eigenvalue weighted by atomic mass is 15.6. The Bertz CT molecular complexity index is 511. The first-order chi connectivity index (χ1) is 8.22. The van der Waals surface area contributed by atoms with Crippen LogP contribution in [0.3, 0.4) is 0 Å². The number of anilines is 1. The molecule has 2 rings (SSSR count). The Balaban J connectivity index is 2.67. The molecule has 0 spiro atoms. The lowest BCUT2D eigenvalue weighted by Gasteiger charge is -2.23. The Morgan fingerprint density at radius 1 is 1.24 bits per heavy atom. The number of para-hydroxylation sites is 1. The fraction of sp³-hybridized carbons (Fsp3) is 0.462. The van der Waals surface area contributed by atoms with E-state index in [1.54, 1.807) is 0 Å². The van der Waals surface area contributed by atoms with E-state index >= 15 is 0 Å². The van der Waals surface area contributed by atoms with E-state index in [1.807, 2.05) is 4.68 Å². The average Bonchev–Trinajstić information content (AvgIpc) is 2.68. The SMILES string of the molecule is CCc1cccc2c1nc(N)n2N(CC)CC. The van der Waals surface area contributed by atoms with E-state index in [0.29, 0.717) is 5.95 Å². The van der Waals surface area contributed by atoms with Gasteiger partial charge in [0.2, 0.25) is 5.95 Å². The monoisotopic (exact) mass is 232 g/mol. The molecule has 0 aliphatic carbocycles. The maximum Gasteiger partial charge on any atom is 0.220 e. The highest BCUT2D eigenvalue weighted by molar-refractivity contribution is 5.82. The van der Waals surface area contributed by atoms with E-state index in [9.17, 15) is 0 Å². The van der Waals surface area contributed by atoms with Crippen LogP contribution in [0.15, 0.2) is 18.2 Å². The second kappa shape index (κ2) is 4.65. The molecule has 0 saturated heterocycles. The number of nitrogen functional groups attached to an aromatic ring is 1. The number of nitrogens with two attached hydrogens (primary N) is 1. The molecule has 2 aromatic rings.